The fourth-order valence-electron chi connectivity index (χ4n) is 6.37. The lowest BCUT2D eigenvalue weighted by atomic mass is 9.88. The van der Waals surface area contributed by atoms with E-state index < -0.39 is 27.4 Å². The van der Waals surface area contributed by atoms with Crippen molar-refractivity contribution in [3.05, 3.63) is 71.3 Å². The van der Waals surface area contributed by atoms with E-state index in [2.05, 4.69) is 0 Å². The van der Waals surface area contributed by atoms with Gasteiger partial charge in [-0.2, -0.15) is 8.42 Å². The largest absolute Gasteiger partial charge is 0.486 e. The summed E-state index contributed by atoms with van der Waals surface area (Å²) in [5.41, 5.74) is 4.86. The molecular formula is C33H37NO7S. The van der Waals surface area contributed by atoms with Crippen molar-refractivity contribution >= 4 is 16.2 Å². The number of hydrogen-bond acceptors (Lipinski definition) is 6. The van der Waals surface area contributed by atoms with Gasteiger partial charge in [0.25, 0.3) is 10.1 Å². The van der Waals surface area contributed by atoms with Crippen LogP contribution in [0.1, 0.15) is 56.7 Å². The molecule has 1 N–H and O–H groups in total. The molecule has 2 saturated heterocycles. The summed E-state index contributed by atoms with van der Waals surface area (Å²) in [5.74, 6) is 0.193. The number of rotatable bonds is 4. The first kappa shape index (κ1) is 28.7. The lowest BCUT2D eigenvalue weighted by molar-refractivity contribution is -0.0490. The zero-order valence-electron chi connectivity index (χ0n) is 24.5. The van der Waals surface area contributed by atoms with E-state index >= 15 is 0 Å². The highest BCUT2D eigenvalue weighted by Gasteiger charge is 2.46. The lowest BCUT2D eigenvalue weighted by Crippen LogP contribution is -2.48. The molecule has 2 fully saturated rings. The maximum absolute atomic E-state index is 13.1. The van der Waals surface area contributed by atoms with Crippen LogP contribution < -0.4 is 4.74 Å². The van der Waals surface area contributed by atoms with Crippen LogP contribution in [0.15, 0.2) is 59.5 Å². The SMILES string of the molecule is Cc1ccc(-c2cc3c(c(OC4COC5(CCN(C(=O)OC(C)(C)C)CC5)C4)c2S(=O)(=O)O)Cc2ccccc2-3)cc1. The molecule has 9 heteroatoms. The lowest BCUT2D eigenvalue weighted by Gasteiger charge is -2.38. The van der Waals surface area contributed by atoms with Crippen molar-refractivity contribution in [1.82, 2.24) is 4.90 Å². The average molecular weight is 592 g/mol. The Hall–Kier alpha value is -3.40. The quantitative estimate of drug-likeness (QED) is 0.273. The number of likely N-dealkylation sites (tertiary alicyclic amines) is 1. The normalized spacial score (nSPS) is 19.5. The minimum atomic E-state index is -4.66. The van der Waals surface area contributed by atoms with Gasteiger partial charge in [0.1, 0.15) is 22.4 Å². The van der Waals surface area contributed by atoms with Crippen molar-refractivity contribution < 1.29 is 32.0 Å². The number of carbonyl (C=O) groups is 1. The number of hydrogen-bond donors (Lipinski definition) is 1. The fourth-order valence-corrected chi connectivity index (χ4v) is 7.23. The van der Waals surface area contributed by atoms with Crippen LogP contribution in [0.25, 0.3) is 22.3 Å². The average Bonchev–Trinajstić information content (AvgIpc) is 3.49. The van der Waals surface area contributed by atoms with Gasteiger partial charge in [0.05, 0.1) is 12.2 Å². The van der Waals surface area contributed by atoms with Crippen molar-refractivity contribution in [2.75, 3.05) is 19.7 Å². The molecule has 42 heavy (non-hydrogen) atoms. The Bertz CT molecular complexity index is 1630. The van der Waals surface area contributed by atoms with E-state index in [1.807, 2.05) is 82.3 Å². The number of benzene rings is 3. The van der Waals surface area contributed by atoms with Gasteiger partial charge in [-0.25, -0.2) is 4.79 Å². The van der Waals surface area contributed by atoms with Gasteiger partial charge in [-0.05, 0) is 68.9 Å². The zero-order chi connectivity index (χ0) is 29.9. The summed E-state index contributed by atoms with van der Waals surface area (Å²) in [6, 6.07) is 17.4. The Balaban J connectivity index is 1.33. The molecule has 0 radical (unpaired) electrons. The predicted octanol–water partition coefficient (Wildman–Crippen LogP) is 6.42. The van der Waals surface area contributed by atoms with Gasteiger partial charge in [-0.15, -0.1) is 0 Å². The highest BCUT2D eigenvalue weighted by molar-refractivity contribution is 7.86. The molecule has 3 aromatic rings. The van der Waals surface area contributed by atoms with Gasteiger partial charge in [-0.1, -0.05) is 54.1 Å². The van der Waals surface area contributed by atoms with E-state index in [0.717, 1.165) is 27.8 Å². The molecule has 0 aromatic heterocycles. The maximum Gasteiger partial charge on any atom is 0.410 e. The number of amides is 1. The minimum Gasteiger partial charge on any atom is -0.486 e. The second-order valence-corrected chi connectivity index (χ2v) is 14.0. The molecule has 222 valence electrons. The topological polar surface area (TPSA) is 102 Å². The molecule has 3 aromatic carbocycles. The third kappa shape index (κ3) is 5.53. The summed E-state index contributed by atoms with van der Waals surface area (Å²) in [5, 5.41) is 0. The third-order valence-corrected chi connectivity index (χ3v) is 9.34. The van der Waals surface area contributed by atoms with E-state index in [1.54, 1.807) is 4.90 Å². The molecular weight excluding hydrogens is 554 g/mol. The molecule has 1 spiro atoms. The van der Waals surface area contributed by atoms with E-state index in [4.69, 9.17) is 14.2 Å². The van der Waals surface area contributed by atoms with Crippen LogP contribution in [0.3, 0.4) is 0 Å². The van der Waals surface area contributed by atoms with E-state index in [-0.39, 0.29) is 23.3 Å². The number of carbonyl (C=O) groups excluding carboxylic acids is 1. The molecule has 2 heterocycles. The van der Waals surface area contributed by atoms with Crippen LogP contribution in [0.4, 0.5) is 4.79 Å². The second kappa shape index (κ2) is 10.4. The molecule has 1 aliphatic carbocycles. The van der Waals surface area contributed by atoms with E-state index in [0.29, 0.717) is 49.9 Å². The Morgan fingerprint density at radius 2 is 1.71 bits per heavy atom. The summed E-state index contributed by atoms with van der Waals surface area (Å²) in [6.07, 6.45) is 1.56. The Kier molecular flexibility index (Phi) is 7.11. The van der Waals surface area contributed by atoms with E-state index in [9.17, 15) is 17.8 Å². The van der Waals surface area contributed by atoms with Crippen LogP contribution in [0.2, 0.25) is 0 Å². The highest BCUT2D eigenvalue weighted by Crippen LogP contribution is 2.49. The van der Waals surface area contributed by atoms with Gasteiger partial charge in [0, 0.05) is 37.1 Å². The minimum absolute atomic E-state index is 0.193. The van der Waals surface area contributed by atoms with Crippen molar-refractivity contribution in [1.29, 1.82) is 0 Å². The van der Waals surface area contributed by atoms with Gasteiger partial charge in [0.2, 0.25) is 0 Å². The number of piperidine rings is 1. The highest BCUT2D eigenvalue weighted by atomic mass is 32.2. The fraction of sp³-hybridized carbons (Fsp3) is 0.424. The number of nitrogens with zero attached hydrogens (tertiary/aromatic N) is 1. The number of ether oxygens (including phenoxy) is 3. The summed E-state index contributed by atoms with van der Waals surface area (Å²) in [4.78, 5) is 14.1. The van der Waals surface area contributed by atoms with Crippen LogP contribution in [0.5, 0.6) is 5.75 Å². The van der Waals surface area contributed by atoms with Crippen molar-refractivity contribution in [3.8, 4) is 28.0 Å². The Morgan fingerprint density at radius 3 is 2.38 bits per heavy atom. The summed E-state index contributed by atoms with van der Waals surface area (Å²) >= 11 is 0. The van der Waals surface area contributed by atoms with Crippen LogP contribution in [0, 0.1) is 6.92 Å². The molecule has 1 unspecified atom stereocenters. The second-order valence-electron chi connectivity index (χ2n) is 12.7. The zero-order valence-corrected chi connectivity index (χ0v) is 25.3. The van der Waals surface area contributed by atoms with Crippen LogP contribution in [-0.2, 0) is 26.0 Å². The predicted molar refractivity (Wildman–Crippen MR) is 159 cm³/mol. The number of aryl methyl sites for hydroxylation is 1. The molecule has 3 aliphatic rings. The maximum atomic E-state index is 13.1. The summed E-state index contributed by atoms with van der Waals surface area (Å²) in [6.45, 7) is 8.81. The smallest absolute Gasteiger partial charge is 0.410 e. The molecule has 8 nitrogen and oxygen atoms in total. The van der Waals surface area contributed by atoms with Crippen LogP contribution >= 0.6 is 0 Å². The Labute approximate surface area is 247 Å². The first-order valence-electron chi connectivity index (χ1n) is 14.4. The first-order chi connectivity index (χ1) is 19.8. The van der Waals surface area contributed by atoms with Gasteiger partial charge in [0.15, 0.2) is 0 Å². The first-order valence-corrected chi connectivity index (χ1v) is 15.9. The van der Waals surface area contributed by atoms with Gasteiger partial charge in [-0.3, -0.25) is 4.55 Å². The monoisotopic (exact) mass is 591 g/mol. The molecule has 6 rings (SSSR count). The molecule has 1 amide bonds. The number of fused-ring (bicyclic) bond motifs is 3. The van der Waals surface area contributed by atoms with Gasteiger partial charge >= 0.3 is 6.09 Å². The van der Waals surface area contributed by atoms with Crippen molar-refractivity contribution in [2.24, 2.45) is 0 Å². The molecule has 1 atom stereocenters. The van der Waals surface area contributed by atoms with Gasteiger partial charge < -0.3 is 19.1 Å². The molecule has 0 bridgehead atoms. The summed E-state index contributed by atoms with van der Waals surface area (Å²) < 4.78 is 55.1. The van der Waals surface area contributed by atoms with E-state index in [1.165, 1.54) is 0 Å². The summed E-state index contributed by atoms with van der Waals surface area (Å²) in [7, 11) is -4.66. The third-order valence-electron chi connectivity index (χ3n) is 8.42. The van der Waals surface area contributed by atoms with Crippen molar-refractivity contribution in [2.45, 2.75) is 75.6 Å². The Morgan fingerprint density at radius 1 is 1.02 bits per heavy atom. The standard InChI is InChI=1S/C33H37NO7S/c1-21-9-11-22(12-10-21)26-18-27-25-8-6-5-7-23(25)17-28(27)29(30(26)42(36,37)38)40-24-19-33(39-20-24)13-15-34(16-14-33)31(35)41-32(2,3)4/h5-12,18,24H,13-17,19-20H2,1-4H3,(H,36,37,38). The van der Waals surface area contributed by atoms with Crippen molar-refractivity contribution in [3.63, 3.8) is 0 Å². The molecule has 0 saturated carbocycles. The molecule has 2 aliphatic heterocycles. The van der Waals surface area contributed by atoms with Crippen LogP contribution in [-0.4, -0.2) is 61.0 Å².